The zero-order valence-electron chi connectivity index (χ0n) is 11.2. The fourth-order valence-electron chi connectivity index (χ4n) is 3.05. The minimum Gasteiger partial charge on any atom is -0.326 e. The second-order valence-electron chi connectivity index (χ2n) is 5.39. The highest BCUT2D eigenvalue weighted by Crippen LogP contribution is 2.30. The van der Waals surface area contributed by atoms with Gasteiger partial charge in [-0.05, 0) is 12.8 Å². The first-order valence-electron chi connectivity index (χ1n) is 7.20. The van der Waals surface area contributed by atoms with Crippen molar-refractivity contribution in [2.75, 3.05) is 0 Å². The van der Waals surface area contributed by atoms with Crippen LogP contribution in [0.25, 0.3) is 11.4 Å². The number of aromatic nitrogens is 2. The Balaban J connectivity index is 1.95. The van der Waals surface area contributed by atoms with Crippen LogP contribution >= 0.6 is 0 Å². The number of hydrogen-bond acceptors (Lipinski definition) is 2. The van der Waals surface area contributed by atoms with Crippen molar-refractivity contribution >= 4 is 0 Å². The molecule has 3 heteroatoms. The summed E-state index contributed by atoms with van der Waals surface area (Å²) >= 11 is 0. The molecule has 3 rings (SSSR count). The summed E-state index contributed by atoms with van der Waals surface area (Å²) in [5, 5.41) is 0. The van der Waals surface area contributed by atoms with Gasteiger partial charge >= 0.3 is 0 Å². The molecule has 1 heterocycles. The Morgan fingerprint density at radius 2 is 1.84 bits per heavy atom. The highest BCUT2D eigenvalue weighted by atomic mass is 15.1. The van der Waals surface area contributed by atoms with E-state index in [9.17, 15) is 0 Å². The molecule has 0 bridgehead atoms. The predicted molar refractivity (Wildman–Crippen MR) is 77.8 cm³/mol. The van der Waals surface area contributed by atoms with Gasteiger partial charge in [-0.2, -0.15) is 0 Å². The number of benzene rings is 1. The molecular weight excluding hydrogens is 234 g/mol. The largest absolute Gasteiger partial charge is 0.326 e. The Morgan fingerprint density at radius 1 is 1.05 bits per heavy atom. The van der Waals surface area contributed by atoms with E-state index in [2.05, 4.69) is 40.0 Å². The van der Waals surface area contributed by atoms with E-state index in [1.54, 1.807) is 0 Å². The van der Waals surface area contributed by atoms with E-state index in [4.69, 9.17) is 5.73 Å². The minimum absolute atomic E-state index is 0.249. The van der Waals surface area contributed by atoms with Gasteiger partial charge in [0.2, 0.25) is 0 Å². The van der Waals surface area contributed by atoms with Crippen LogP contribution in [-0.2, 0) is 0 Å². The van der Waals surface area contributed by atoms with Crippen LogP contribution in [-0.4, -0.2) is 15.6 Å². The predicted octanol–water partition coefficient (Wildman–Crippen LogP) is 3.38. The Kier molecular flexibility index (Phi) is 3.65. The van der Waals surface area contributed by atoms with Crippen molar-refractivity contribution in [2.45, 2.75) is 44.2 Å². The summed E-state index contributed by atoms with van der Waals surface area (Å²) in [6.07, 6.45) is 10.1. The van der Waals surface area contributed by atoms with Gasteiger partial charge in [-0.15, -0.1) is 0 Å². The van der Waals surface area contributed by atoms with Crippen LogP contribution in [0.15, 0.2) is 42.7 Å². The molecule has 3 nitrogen and oxygen atoms in total. The Bertz CT molecular complexity index is 518. The van der Waals surface area contributed by atoms with Gasteiger partial charge in [-0.3, -0.25) is 0 Å². The molecule has 1 aromatic carbocycles. The first-order valence-corrected chi connectivity index (χ1v) is 7.20. The van der Waals surface area contributed by atoms with Crippen molar-refractivity contribution in [1.29, 1.82) is 0 Å². The van der Waals surface area contributed by atoms with Crippen molar-refractivity contribution < 1.29 is 0 Å². The minimum atomic E-state index is 0.249. The van der Waals surface area contributed by atoms with E-state index in [1.165, 1.54) is 24.8 Å². The topological polar surface area (TPSA) is 43.8 Å². The third-order valence-electron chi connectivity index (χ3n) is 4.09. The summed E-state index contributed by atoms with van der Waals surface area (Å²) in [4.78, 5) is 4.53. The second-order valence-corrected chi connectivity index (χ2v) is 5.39. The smallest absolute Gasteiger partial charge is 0.140 e. The lowest BCUT2D eigenvalue weighted by Gasteiger charge is -2.24. The summed E-state index contributed by atoms with van der Waals surface area (Å²) in [6.45, 7) is 0. The molecule has 19 heavy (non-hydrogen) atoms. The number of hydrogen-bond donors (Lipinski definition) is 1. The average Bonchev–Trinajstić information content (AvgIpc) is 2.83. The lowest BCUT2D eigenvalue weighted by Crippen LogP contribution is -2.31. The third-order valence-corrected chi connectivity index (χ3v) is 4.09. The molecule has 2 unspecified atom stereocenters. The Hall–Kier alpha value is -1.61. The number of imidazole rings is 1. The van der Waals surface area contributed by atoms with Gasteiger partial charge in [0.1, 0.15) is 5.82 Å². The van der Waals surface area contributed by atoms with Gasteiger partial charge in [-0.25, -0.2) is 4.98 Å². The molecule has 1 fully saturated rings. The fraction of sp³-hybridized carbons (Fsp3) is 0.438. The standard InChI is InChI=1S/C16H21N3/c17-14-9-5-2-6-10-15(14)19-12-11-18-16(19)13-7-3-1-4-8-13/h1,3-4,7-8,11-12,14-15H,2,5-6,9-10,17H2. The number of nitrogens with two attached hydrogens (primary N) is 1. The maximum absolute atomic E-state index is 6.37. The van der Waals surface area contributed by atoms with E-state index < -0.39 is 0 Å². The molecule has 1 aliphatic carbocycles. The van der Waals surface area contributed by atoms with Gasteiger partial charge in [0.15, 0.2) is 0 Å². The van der Waals surface area contributed by atoms with Crippen LogP contribution in [0.4, 0.5) is 0 Å². The molecule has 0 amide bonds. The second kappa shape index (κ2) is 5.57. The van der Waals surface area contributed by atoms with Gasteiger partial charge in [0, 0.05) is 24.0 Å². The molecule has 2 atom stereocenters. The van der Waals surface area contributed by atoms with Crippen molar-refractivity contribution in [3.8, 4) is 11.4 Å². The third kappa shape index (κ3) is 2.56. The highest BCUT2D eigenvalue weighted by molar-refractivity contribution is 5.55. The van der Waals surface area contributed by atoms with Gasteiger partial charge < -0.3 is 10.3 Å². The lowest BCUT2D eigenvalue weighted by atomic mass is 10.0. The Morgan fingerprint density at radius 3 is 2.68 bits per heavy atom. The molecule has 0 aliphatic heterocycles. The molecule has 2 aromatic rings. The van der Waals surface area contributed by atoms with E-state index in [-0.39, 0.29) is 6.04 Å². The molecule has 1 saturated carbocycles. The van der Waals surface area contributed by atoms with Crippen LogP contribution < -0.4 is 5.73 Å². The van der Waals surface area contributed by atoms with E-state index in [1.807, 2.05) is 12.3 Å². The summed E-state index contributed by atoms with van der Waals surface area (Å²) in [7, 11) is 0. The number of rotatable bonds is 2. The van der Waals surface area contributed by atoms with Crippen molar-refractivity contribution in [1.82, 2.24) is 9.55 Å². The maximum Gasteiger partial charge on any atom is 0.140 e. The van der Waals surface area contributed by atoms with E-state index in [0.29, 0.717) is 6.04 Å². The van der Waals surface area contributed by atoms with E-state index >= 15 is 0 Å². The first kappa shape index (κ1) is 12.4. The fourth-order valence-corrected chi connectivity index (χ4v) is 3.05. The van der Waals surface area contributed by atoms with E-state index in [0.717, 1.165) is 18.7 Å². The van der Waals surface area contributed by atoms with Crippen molar-refractivity contribution in [3.63, 3.8) is 0 Å². The maximum atomic E-state index is 6.37. The SMILES string of the molecule is NC1CCCCCC1n1ccnc1-c1ccccc1. The quantitative estimate of drug-likeness (QED) is 0.836. The van der Waals surface area contributed by atoms with Crippen LogP contribution in [0, 0.1) is 0 Å². The van der Waals surface area contributed by atoms with Gasteiger partial charge in [0.05, 0.1) is 6.04 Å². The normalized spacial score (nSPS) is 24.1. The summed E-state index contributed by atoms with van der Waals surface area (Å²) in [6, 6.07) is 11.0. The molecule has 1 aliphatic rings. The van der Waals surface area contributed by atoms with Crippen LogP contribution in [0.3, 0.4) is 0 Å². The molecule has 0 saturated heterocycles. The van der Waals surface area contributed by atoms with Crippen LogP contribution in [0.2, 0.25) is 0 Å². The lowest BCUT2D eigenvalue weighted by molar-refractivity contribution is 0.391. The van der Waals surface area contributed by atoms with Crippen LogP contribution in [0.1, 0.15) is 38.1 Å². The van der Waals surface area contributed by atoms with Crippen molar-refractivity contribution in [2.24, 2.45) is 5.73 Å². The summed E-state index contributed by atoms with van der Waals surface area (Å²) < 4.78 is 2.28. The highest BCUT2D eigenvalue weighted by Gasteiger charge is 2.23. The molecular formula is C16H21N3. The van der Waals surface area contributed by atoms with Gasteiger partial charge in [0.25, 0.3) is 0 Å². The summed E-state index contributed by atoms with van der Waals surface area (Å²) in [5.74, 6) is 1.04. The first-order chi connectivity index (χ1) is 9.36. The molecule has 2 N–H and O–H groups in total. The zero-order chi connectivity index (χ0) is 13.1. The molecule has 1 aromatic heterocycles. The Labute approximate surface area is 114 Å². The van der Waals surface area contributed by atoms with Gasteiger partial charge in [-0.1, -0.05) is 49.6 Å². The summed E-state index contributed by atoms with van der Waals surface area (Å²) in [5.41, 5.74) is 7.54. The average molecular weight is 255 g/mol. The monoisotopic (exact) mass is 255 g/mol. The molecule has 0 spiro atoms. The number of nitrogens with zero attached hydrogens (tertiary/aromatic N) is 2. The van der Waals surface area contributed by atoms with Crippen LogP contribution in [0.5, 0.6) is 0 Å². The zero-order valence-corrected chi connectivity index (χ0v) is 11.2. The molecule has 100 valence electrons. The molecule has 0 radical (unpaired) electrons. The van der Waals surface area contributed by atoms with Crippen molar-refractivity contribution in [3.05, 3.63) is 42.7 Å².